The van der Waals surface area contributed by atoms with Gasteiger partial charge in [-0.3, -0.25) is 10.1 Å². The van der Waals surface area contributed by atoms with Gasteiger partial charge >= 0.3 is 12.0 Å². The lowest BCUT2D eigenvalue weighted by Gasteiger charge is -1.96. The van der Waals surface area contributed by atoms with Gasteiger partial charge in [-0.25, -0.2) is 4.79 Å². The maximum absolute atomic E-state index is 10.3. The quantitative estimate of drug-likeness (QED) is 0.291. The predicted molar refractivity (Wildman–Crippen MR) is 28.4 cm³/mol. The lowest BCUT2D eigenvalue weighted by atomic mass is 10.4. The van der Waals surface area contributed by atoms with Gasteiger partial charge in [0.15, 0.2) is 6.07 Å². The smallest absolute Gasteiger partial charge is 0.397 e. The molecule has 1 atom stereocenters. The number of methoxy groups -OCH3 is 1. The molecule has 0 saturated heterocycles. The molecule has 0 aromatic carbocycles. The molecular formula is C4H4N2O4. The molecule has 54 valence electrons. The summed E-state index contributed by atoms with van der Waals surface area (Å²) in [5.41, 5.74) is 0. The van der Waals surface area contributed by atoms with Crippen molar-refractivity contribution in [2.45, 2.75) is 6.04 Å². The SMILES string of the molecule is COC(=O)C(C#N)[N+](=O)[O-]. The molecule has 0 N–H and O–H groups in total. The Morgan fingerprint density at radius 3 is 2.50 bits per heavy atom. The fourth-order valence-electron chi connectivity index (χ4n) is 0.298. The van der Waals surface area contributed by atoms with Crippen molar-refractivity contribution in [3.8, 4) is 6.07 Å². The lowest BCUT2D eigenvalue weighted by molar-refractivity contribution is -0.495. The van der Waals surface area contributed by atoms with Crippen LogP contribution in [-0.4, -0.2) is 24.0 Å². The normalized spacial score (nSPS) is 11.2. The van der Waals surface area contributed by atoms with Crippen molar-refractivity contribution in [2.75, 3.05) is 7.11 Å². The van der Waals surface area contributed by atoms with Crippen LogP contribution in [0.15, 0.2) is 0 Å². The second kappa shape index (κ2) is 3.40. The van der Waals surface area contributed by atoms with Crippen molar-refractivity contribution in [1.82, 2.24) is 0 Å². The molecule has 0 heterocycles. The van der Waals surface area contributed by atoms with Gasteiger partial charge in [0, 0.05) is 0 Å². The van der Waals surface area contributed by atoms with Crippen LogP contribution in [0.2, 0.25) is 0 Å². The molecule has 0 spiro atoms. The molecule has 0 amide bonds. The Morgan fingerprint density at radius 2 is 2.40 bits per heavy atom. The first-order chi connectivity index (χ1) is 4.63. The monoisotopic (exact) mass is 144 g/mol. The number of nitro groups is 1. The lowest BCUT2D eigenvalue weighted by Crippen LogP contribution is -2.28. The summed E-state index contributed by atoms with van der Waals surface area (Å²) in [5, 5.41) is 17.8. The third kappa shape index (κ3) is 1.70. The number of ether oxygens (including phenoxy) is 1. The summed E-state index contributed by atoms with van der Waals surface area (Å²) in [6.07, 6.45) is 0. The Labute approximate surface area is 56.2 Å². The highest BCUT2D eigenvalue weighted by Gasteiger charge is 2.29. The van der Waals surface area contributed by atoms with E-state index in [9.17, 15) is 14.9 Å². The van der Waals surface area contributed by atoms with E-state index in [-0.39, 0.29) is 0 Å². The van der Waals surface area contributed by atoms with E-state index >= 15 is 0 Å². The summed E-state index contributed by atoms with van der Waals surface area (Å²) >= 11 is 0. The maximum Gasteiger partial charge on any atom is 0.397 e. The van der Waals surface area contributed by atoms with Gasteiger partial charge in [0.25, 0.3) is 0 Å². The zero-order valence-electron chi connectivity index (χ0n) is 5.10. The van der Waals surface area contributed by atoms with Crippen molar-refractivity contribution in [3.05, 3.63) is 10.1 Å². The highest BCUT2D eigenvalue weighted by atomic mass is 16.6. The van der Waals surface area contributed by atoms with E-state index < -0.39 is 16.9 Å². The Kier molecular flexibility index (Phi) is 2.84. The Bertz CT molecular complexity index is 194. The molecule has 0 bridgehead atoms. The van der Waals surface area contributed by atoms with Gasteiger partial charge in [-0.2, -0.15) is 5.26 Å². The molecule has 6 heteroatoms. The van der Waals surface area contributed by atoms with E-state index in [1.54, 1.807) is 0 Å². The number of hydrogen-bond acceptors (Lipinski definition) is 5. The third-order valence-electron chi connectivity index (χ3n) is 0.758. The molecule has 6 nitrogen and oxygen atoms in total. The first-order valence-electron chi connectivity index (χ1n) is 2.24. The van der Waals surface area contributed by atoms with Crippen LogP contribution in [0.1, 0.15) is 0 Å². The Morgan fingerprint density at radius 1 is 1.90 bits per heavy atom. The number of carbonyl (C=O) groups excluding carboxylic acids is 1. The maximum atomic E-state index is 10.3. The predicted octanol–water partition coefficient (Wildman–Crippen LogP) is -0.672. The van der Waals surface area contributed by atoms with Crippen LogP contribution in [0.4, 0.5) is 0 Å². The van der Waals surface area contributed by atoms with Crippen LogP contribution in [-0.2, 0) is 9.53 Å². The second-order valence-electron chi connectivity index (χ2n) is 1.34. The fourth-order valence-corrected chi connectivity index (χ4v) is 0.298. The van der Waals surface area contributed by atoms with Crippen LogP contribution in [0, 0.1) is 21.4 Å². The molecule has 0 saturated carbocycles. The molecule has 0 fully saturated rings. The molecule has 0 aromatic heterocycles. The van der Waals surface area contributed by atoms with Crippen LogP contribution in [0.25, 0.3) is 0 Å². The minimum Gasteiger partial charge on any atom is -0.463 e. The van der Waals surface area contributed by atoms with E-state index in [2.05, 4.69) is 4.74 Å². The van der Waals surface area contributed by atoms with Crippen molar-refractivity contribution < 1.29 is 14.5 Å². The minimum atomic E-state index is -1.90. The summed E-state index contributed by atoms with van der Waals surface area (Å²) in [5.74, 6) is -1.15. The van der Waals surface area contributed by atoms with E-state index in [0.717, 1.165) is 7.11 Å². The average molecular weight is 144 g/mol. The van der Waals surface area contributed by atoms with E-state index in [4.69, 9.17) is 5.26 Å². The van der Waals surface area contributed by atoms with Gasteiger partial charge in [-0.15, -0.1) is 0 Å². The van der Waals surface area contributed by atoms with Gasteiger partial charge in [0.1, 0.15) is 0 Å². The molecule has 1 unspecified atom stereocenters. The highest BCUT2D eigenvalue weighted by Crippen LogP contribution is 1.89. The largest absolute Gasteiger partial charge is 0.463 e. The number of rotatable bonds is 2. The summed E-state index contributed by atoms with van der Waals surface area (Å²) < 4.78 is 3.96. The molecule has 0 aliphatic heterocycles. The molecule has 0 rings (SSSR count). The molecule has 10 heavy (non-hydrogen) atoms. The van der Waals surface area contributed by atoms with Crippen LogP contribution in [0.3, 0.4) is 0 Å². The standard InChI is InChI=1S/C4H4N2O4/c1-10-4(7)3(2-5)6(8)9/h3H,1H3. The zero-order chi connectivity index (χ0) is 8.15. The van der Waals surface area contributed by atoms with Crippen molar-refractivity contribution in [2.24, 2.45) is 0 Å². The molecule has 0 aromatic rings. The van der Waals surface area contributed by atoms with Crippen LogP contribution < -0.4 is 0 Å². The number of carbonyl (C=O) groups is 1. The third-order valence-corrected chi connectivity index (χ3v) is 0.758. The minimum absolute atomic E-state index is 0.982. The first kappa shape index (κ1) is 8.36. The number of nitrogens with zero attached hydrogens (tertiary/aromatic N) is 2. The topological polar surface area (TPSA) is 93.2 Å². The molecular weight excluding hydrogens is 140 g/mol. The van der Waals surface area contributed by atoms with Crippen molar-refractivity contribution in [1.29, 1.82) is 5.26 Å². The summed E-state index contributed by atoms with van der Waals surface area (Å²) in [6.45, 7) is 0. The summed E-state index contributed by atoms with van der Waals surface area (Å²) in [6, 6.07) is -0.720. The summed E-state index contributed by atoms with van der Waals surface area (Å²) in [7, 11) is 0.982. The Hall–Kier alpha value is -1.64. The zero-order valence-corrected chi connectivity index (χ0v) is 5.10. The van der Waals surface area contributed by atoms with E-state index in [0.29, 0.717) is 0 Å². The Balaban J connectivity index is 4.25. The molecule has 0 radical (unpaired) electrons. The molecule has 0 aliphatic rings. The van der Waals surface area contributed by atoms with E-state index in [1.165, 1.54) is 6.07 Å². The van der Waals surface area contributed by atoms with Gasteiger partial charge in [-0.1, -0.05) is 0 Å². The average Bonchev–Trinajstić information content (AvgIpc) is 1.88. The van der Waals surface area contributed by atoms with Crippen LogP contribution >= 0.6 is 0 Å². The van der Waals surface area contributed by atoms with E-state index in [1.807, 2.05) is 0 Å². The summed E-state index contributed by atoms with van der Waals surface area (Å²) in [4.78, 5) is 19.1. The van der Waals surface area contributed by atoms with Gasteiger partial charge in [-0.05, 0) is 0 Å². The number of nitriles is 1. The van der Waals surface area contributed by atoms with Gasteiger partial charge in [0.05, 0.1) is 12.0 Å². The van der Waals surface area contributed by atoms with Crippen LogP contribution in [0.5, 0.6) is 0 Å². The van der Waals surface area contributed by atoms with Gasteiger partial charge in [0.2, 0.25) is 0 Å². The fraction of sp³-hybridized carbons (Fsp3) is 0.500. The highest BCUT2D eigenvalue weighted by molar-refractivity contribution is 5.77. The number of esters is 1. The van der Waals surface area contributed by atoms with Crippen molar-refractivity contribution in [3.63, 3.8) is 0 Å². The first-order valence-corrected chi connectivity index (χ1v) is 2.24. The number of hydrogen-bond donors (Lipinski definition) is 0. The molecule has 0 aliphatic carbocycles. The second-order valence-corrected chi connectivity index (χ2v) is 1.34. The van der Waals surface area contributed by atoms with Gasteiger partial charge < -0.3 is 4.74 Å². The van der Waals surface area contributed by atoms with Crippen molar-refractivity contribution >= 4 is 5.97 Å².